The summed E-state index contributed by atoms with van der Waals surface area (Å²) in [5.41, 5.74) is 0. The van der Waals surface area contributed by atoms with Gasteiger partial charge in [-0.05, 0) is 23.6 Å². The van der Waals surface area contributed by atoms with Crippen LogP contribution < -0.4 is 0 Å². The molecule has 0 aliphatic rings. The first-order valence-corrected chi connectivity index (χ1v) is 4.53. The van der Waals surface area contributed by atoms with Gasteiger partial charge in [-0.25, -0.2) is 4.79 Å². The summed E-state index contributed by atoms with van der Waals surface area (Å²) in [6.07, 6.45) is 4.39. The predicted molar refractivity (Wildman–Crippen MR) is 54.3 cm³/mol. The summed E-state index contributed by atoms with van der Waals surface area (Å²) >= 11 is 1.62. The Labute approximate surface area is 80.4 Å². The van der Waals surface area contributed by atoms with Gasteiger partial charge in [-0.15, -0.1) is 11.3 Å². The Hall–Kier alpha value is -1.42. The summed E-state index contributed by atoms with van der Waals surface area (Å²) in [6, 6.07) is 3.94. The number of thiophene rings is 1. The van der Waals surface area contributed by atoms with E-state index in [0.717, 1.165) is 4.88 Å². The Morgan fingerprint density at radius 3 is 3.15 bits per heavy atom. The van der Waals surface area contributed by atoms with E-state index in [1.165, 1.54) is 13.3 Å². The monoisotopic (exact) mass is 195 g/mol. The second kappa shape index (κ2) is 5.27. The van der Waals surface area contributed by atoms with Gasteiger partial charge in [0.1, 0.15) is 0 Å². The topological polar surface area (TPSA) is 38.7 Å². The number of methoxy groups -OCH3 is 1. The van der Waals surface area contributed by atoms with Crippen molar-refractivity contribution in [1.82, 2.24) is 0 Å². The molecule has 0 aliphatic heterocycles. The van der Waals surface area contributed by atoms with Crippen molar-refractivity contribution in [1.29, 1.82) is 0 Å². The van der Waals surface area contributed by atoms with Crippen molar-refractivity contribution in [2.45, 2.75) is 0 Å². The fraction of sp³-hybridized carbons (Fsp3) is 0.111. The number of amides is 1. The molecule has 1 heterocycles. The Morgan fingerprint density at radius 1 is 1.69 bits per heavy atom. The lowest BCUT2D eigenvalue weighted by Crippen LogP contribution is -1.91. The van der Waals surface area contributed by atoms with E-state index in [-0.39, 0.29) is 0 Å². The van der Waals surface area contributed by atoms with E-state index in [1.807, 2.05) is 23.6 Å². The molecule has 0 unspecified atom stereocenters. The largest absolute Gasteiger partial charge is 0.451 e. The van der Waals surface area contributed by atoms with Gasteiger partial charge in [0.05, 0.1) is 7.11 Å². The second-order valence-corrected chi connectivity index (χ2v) is 3.10. The summed E-state index contributed by atoms with van der Waals surface area (Å²) in [4.78, 5) is 15.1. The SMILES string of the molecule is COC(=O)/N=C/C=C/c1cccs1. The maximum Gasteiger partial charge on any atom is 0.433 e. The number of rotatable bonds is 2. The molecule has 0 bridgehead atoms. The number of allylic oxidation sites excluding steroid dienone is 1. The minimum absolute atomic E-state index is 0.587. The van der Waals surface area contributed by atoms with E-state index in [0.29, 0.717) is 0 Å². The van der Waals surface area contributed by atoms with E-state index in [1.54, 1.807) is 17.4 Å². The molecule has 0 saturated carbocycles. The summed E-state index contributed by atoms with van der Waals surface area (Å²) in [7, 11) is 1.29. The van der Waals surface area contributed by atoms with Crippen molar-refractivity contribution in [2.24, 2.45) is 4.99 Å². The van der Waals surface area contributed by atoms with Gasteiger partial charge in [0, 0.05) is 11.1 Å². The minimum Gasteiger partial charge on any atom is -0.451 e. The third kappa shape index (κ3) is 3.66. The molecule has 4 heteroatoms. The van der Waals surface area contributed by atoms with Gasteiger partial charge < -0.3 is 4.74 Å². The molecule has 0 aromatic carbocycles. The average Bonchev–Trinajstić information content (AvgIpc) is 2.64. The number of hydrogen-bond acceptors (Lipinski definition) is 3. The lowest BCUT2D eigenvalue weighted by molar-refractivity contribution is 0.183. The maximum atomic E-state index is 10.5. The molecular formula is C9H9NO2S. The van der Waals surface area contributed by atoms with Crippen LogP contribution in [0.15, 0.2) is 28.6 Å². The van der Waals surface area contributed by atoms with Crippen LogP contribution in [0.1, 0.15) is 4.88 Å². The number of ether oxygens (including phenoxy) is 1. The molecule has 0 spiro atoms. The van der Waals surface area contributed by atoms with Crippen LogP contribution in [0, 0.1) is 0 Å². The van der Waals surface area contributed by atoms with E-state index in [2.05, 4.69) is 9.73 Å². The molecule has 0 radical (unpaired) electrons. The predicted octanol–water partition coefficient (Wildman–Crippen LogP) is 2.60. The molecule has 0 atom stereocenters. The van der Waals surface area contributed by atoms with Crippen molar-refractivity contribution in [2.75, 3.05) is 7.11 Å². The van der Waals surface area contributed by atoms with Crippen molar-refractivity contribution in [3.8, 4) is 0 Å². The van der Waals surface area contributed by atoms with Crippen molar-refractivity contribution < 1.29 is 9.53 Å². The molecule has 0 N–H and O–H groups in total. The number of carbonyl (C=O) groups is 1. The van der Waals surface area contributed by atoms with Crippen molar-refractivity contribution in [3.63, 3.8) is 0 Å². The molecule has 0 saturated heterocycles. The molecule has 68 valence electrons. The lowest BCUT2D eigenvalue weighted by Gasteiger charge is -1.85. The van der Waals surface area contributed by atoms with Gasteiger partial charge >= 0.3 is 6.09 Å². The highest BCUT2D eigenvalue weighted by Gasteiger charge is 1.88. The van der Waals surface area contributed by atoms with Gasteiger partial charge in [-0.3, -0.25) is 0 Å². The summed E-state index contributed by atoms with van der Waals surface area (Å²) in [5, 5.41) is 1.98. The van der Waals surface area contributed by atoms with Crippen LogP contribution in [-0.2, 0) is 4.74 Å². The van der Waals surface area contributed by atoms with Crippen LogP contribution in [0.25, 0.3) is 6.08 Å². The van der Waals surface area contributed by atoms with E-state index in [4.69, 9.17) is 0 Å². The molecule has 0 aliphatic carbocycles. The Kier molecular flexibility index (Phi) is 3.92. The first-order chi connectivity index (χ1) is 6.33. The lowest BCUT2D eigenvalue weighted by atomic mass is 10.4. The first kappa shape index (κ1) is 9.67. The summed E-state index contributed by atoms with van der Waals surface area (Å²) in [6.45, 7) is 0. The third-order valence-corrected chi connectivity index (χ3v) is 2.08. The fourth-order valence-electron chi connectivity index (χ4n) is 0.681. The van der Waals surface area contributed by atoms with E-state index < -0.39 is 6.09 Å². The smallest absolute Gasteiger partial charge is 0.433 e. The molecule has 1 rings (SSSR count). The molecule has 0 fully saturated rings. The van der Waals surface area contributed by atoms with Crippen LogP contribution in [-0.4, -0.2) is 19.4 Å². The Morgan fingerprint density at radius 2 is 2.54 bits per heavy atom. The van der Waals surface area contributed by atoms with E-state index >= 15 is 0 Å². The van der Waals surface area contributed by atoms with Gasteiger partial charge in [-0.2, -0.15) is 4.99 Å². The number of aliphatic imine (C=N–C) groups is 1. The highest BCUT2D eigenvalue weighted by molar-refractivity contribution is 7.10. The van der Waals surface area contributed by atoms with Crippen molar-refractivity contribution >= 4 is 29.7 Å². The zero-order chi connectivity index (χ0) is 9.52. The zero-order valence-corrected chi connectivity index (χ0v) is 7.95. The van der Waals surface area contributed by atoms with Gasteiger partial charge in [-0.1, -0.05) is 6.07 Å². The molecular weight excluding hydrogens is 186 g/mol. The number of nitrogens with zero attached hydrogens (tertiary/aromatic N) is 1. The maximum absolute atomic E-state index is 10.5. The molecule has 13 heavy (non-hydrogen) atoms. The number of carbonyl (C=O) groups excluding carboxylic acids is 1. The fourth-order valence-corrected chi connectivity index (χ4v) is 1.31. The number of hydrogen-bond donors (Lipinski definition) is 0. The highest BCUT2D eigenvalue weighted by Crippen LogP contribution is 2.09. The third-order valence-electron chi connectivity index (χ3n) is 1.24. The normalized spacial score (nSPS) is 11.2. The van der Waals surface area contributed by atoms with Crippen LogP contribution in [0.4, 0.5) is 4.79 Å². The standard InChI is InChI=1S/C9H9NO2S/c1-12-9(11)10-6-2-4-8-5-3-7-13-8/h2-7H,1H3/b4-2+,10-6+. The Bertz CT molecular complexity index is 314. The van der Waals surface area contributed by atoms with E-state index in [9.17, 15) is 4.79 Å². The van der Waals surface area contributed by atoms with Gasteiger partial charge in [0.2, 0.25) is 0 Å². The van der Waals surface area contributed by atoms with Crippen LogP contribution in [0.5, 0.6) is 0 Å². The van der Waals surface area contributed by atoms with Crippen LogP contribution in [0.3, 0.4) is 0 Å². The van der Waals surface area contributed by atoms with Gasteiger partial charge in [0.25, 0.3) is 0 Å². The Balaban J connectivity index is 2.42. The highest BCUT2D eigenvalue weighted by atomic mass is 32.1. The van der Waals surface area contributed by atoms with Crippen LogP contribution >= 0.6 is 11.3 Å². The average molecular weight is 195 g/mol. The zero-order valence-electron chi connectivity index (χ0n) is 7.14. The summed E-state index contributed by atoms with van der Waals surface area (Å²) in [5.74, 6) is 0. The minimum atomic E-state index is -0.587. The molecule has 1 amide bonds. The molecule has 1 aromatic rings. The molecule has 3 nitrogen and oxygen atoms in total. The second-order valence-electron chi connectivity index (χ2n) is 2.12. The summed E-state index contributed by atoms with van der Waals surface area (Å²) < 4.78 is 4.32. The van der Waals surface area contributed by atoms with Gasteiger partial charge in [0.15, 0.2) is 0 Å². The molecule has 1 aromatic heterocycles. The quantitative estimate of drug-likeness (QED) is 0.680. The van der Waals surface area contributed by atoms with Crippen molar-refractivity contribution in [3.05, 3.63) is 28.5 Å². The van der Waals surface area contributed by atoms with Crippen LogP contribution in [0.2, 0.25) is 0 Å². The first-order valence-electron chi connectivity index (χ1n) is 3.65.